The maximum absolute atomic E-state index is 12.7. The highest BCUT2D eigenvalue weighted by atomic mass is 16.3. The number of ketones is 2. The minimum atomic E-state index is -0.273. The summed E-state index contributed by atoms with van der Waals surface area (Å²) in [5, 5.41) is 9.64. The van der Waals surface area contributed by atoms with Gasteiger partial charge in [0.1, 0.15) is 17.3 Å². The molecule has 1 N–H and O–H groups in total. The first-order valence-corrected chi connectivity index (χ1v) is 7.88. The van der Waals surface area contributed by atoms with Gasteiger partial charge in [0, 0.05) is 24.2 Å². The van der Waals surface area contributed by atoms with Crippen molar-refractivity contribution in [3.8, 4) is 5.75 Å². The standard InChI is InChI=1S/C18H20O3/c1-18-7-6-13-12-3-2-11(19)8-10(12)9-15(20)17(13)14(18)4-5-16(18)21/h2-3,8,13-14,17,19H,4-7,9H2,1H3. The Morgan fingerprint density at radius 2 is 2.05 bits per heavy atom. The van der Waals surface area contributed by atoms with Gasteiger partial charge in [0.05, 0.1) is 0 Å². The smallest absolute Gasteiger partial charge is 0.141 e. The second-order valence-corrected chi connectivity index (χ2v) is 7.18. The zero-order chi connectivity index (χ0) is 14.8. The molecule has 3 heteroatoms. The Morgan fingerprint density at radius 3 is 2.86 bits per heavy atom. The average Bonchev–Trinajstić information content (AvgIpc) is 2.74. The molecule has 1 aromatic rings. The highest BCUT2D eigenvalue weighted by molar-refractivity contribution is 5.92. The van der Waals surface area contributed by atoms with Crippen LogP contribution < -0.4 is 0 Å². The van der Waals surface area contributed by atoms with Crippen LogP contribution in [0.4, 0.5) is 0 Å². The van der Waals surface area contributed by atoms with Gasteiger partial charge in [-0.2, -0.15) is 0 Å². The van der Waals surface area contributed by atoms with Crippen molar-refractivity contribution in [2.45, 2.75) is 44.9 Å². The summed E-state index contributed by atoms with van der Waals surface area (Å²) in [6, 6.07) is 5.44. The van der Waals surface area contributed by atoms with E-state index in [-0.39, 0.29) is 34.7 Å². The molecule has 3 aliphatic rings. The van der Waals surface area contributed by atoms with E-state index in [1.807, 2.05) is 6.07 Å². The van der Waals surface area contributed by atoms with Crippen molar-refractivity contribution < 1.29 is 14.7 Å². The highest BCUT2D eigenvalue weighted by Crippen LogP contribution is 2.58. The first-order valence-electron chi connectivity index (χ1n) is 7.88. The van der Waals surface area contributed by atoms with Crippen LogP contribution in [-0.4, -0.2) is 16.7 Å². The molecule has 4 unspecified atom stereocenters. The van der Waals surface area contributed by atoms with Gasteiger partial charge in [0.2, 0.25) is 0 Å². The van der Waals surface area contributed by atoms with Crippen LogP contribution in [0.5, 0.6) is 5.75 Å². The number of aromatic hydroxyl groups is 1. The fraction of sp³-hybridized carbons (Fsp3) is 0.556. The van der Waals surface area contributed by atoms with Crippen molar-refractivity contribution in [2.24, 2.45) is 17.3 Å². The van der Waals surface area contributed by atoms with E-state index in [9.17, 15) is 14.7 Å². The normalized spacial score (nSPS) is 37.9. The van der Waals surface area contributed by atoms with E-state index in [2.05, 4.69) is 6.92 Å². The summed E-state index contributed by atoms with van der Waals surface area (Å²) in [5.41, 5.74) is 1.93. The van der Waals surface area contributed by atoms with Gasteiger partial charge in [-0.3, -0.25) is 9.59 Å². The number of Topliss-reactive ketones (excluding diaryl/α,β-unsaturated/α-hetero) is 2. The Labute approximate surface area is 124 Å². The van der Waals surface area contributed by atoms with Crippen LogP contribution in [0.25, 0.3) is 0 Å². The highest BCUT2D eigenvalue weighted by Gasteiger charge is 2.56. The van der Waals surface area contributed by atoms with E-state index < -0.39 is 0 Å². The second kappa shape index (κ2) is 4.19. The van der Waals surface area contributed by atoms with Crippen molar-refractivity contribution in [3.63, 3.8) is 0 Å². The number of phenols is 1. The van der Waals surface area contributed by atoms with Crippen LogP contribution in [0.2, 0.25) is 0 Å². The van der Waals surface area contributed by atoms with Crippen molar-refractivity contribution >= 4 is 11.6 Å². The number of hydrogen-bond acceptors (Lipinski definition) is 3. The first kappa shape index (κ1) is 13.1. The van der Waals surface area contributed by atoms with Crippen LogP contribution >= 0.6 is 0 Å². The zero-order valence-corrected chi connectivity index (χ0v) is 12.3. The van der Waals surface area contributed by atoms with E-state index in [0.717, 1.165) is 24.8 Å². The number of phenolic OH excluding ortho intramolecular Hbond substituents is 1. The van der Waals surface area contributed by atoms with Crippen LogP contribution in [0, 0.1) is 17.3 Å². The summed E-state index contributed by atoms with van der Waals surface area (Å²) in [6.45, 7) is 2.07. The van der Waals surface area contributed by atoms with Crippen LogP contribution in [0.3, 0.4) is 0 Å². The molecule has 0 saturated heterocycles. The number of hydrogen-bond donors (Lipinski definition) is 1. The fourth-order valence-corrected chi connectivity index (χ4v) is 5.12. The Bertz CT molecular complexity index is 648. The monoisotopic (exact) mass is 284 g/mol. The van der Waals surface area contributed by atoms with Crippen LogP contribution in [0.15, 0.2) is 18.2 Å². The van der Waals surface area contributed by atoms with Gasteiger partial charge in [-0.05, 0) is 54.4 Å². The molecular weight excluding hydrogens is 264 g/mol. The molecular formula is C18H20O3. The molecule has 0 radical (unpaired) electrons. The van der Waals surface area contributed by atoms with Crippen molar-refractivity contribution in [1.82, 2.24) is 0 Å². The molecule has 0 amide bonds. The maximum atomic E-state index is 12.7. The molecule has 4 atom stereocenters. The van der Waals surface area contributed by atoms with E-state index in [1.165, 1.54) is 5.56 Å². The Hall–Kier alpha value is -1.64. The summed E-state index contributed by atoms with van der Waals surface area (Å²) in [7, 11) is 0. The minimum absolute atomic E-state index is 0.00671. The third-order valence-electron chi connectivity index (χ3n) is 6.24. The van der Waals surface area contributed by atoms with E-state index >= 15 is 0 Å². The zero-order valence-electron chi connectivity index (χ0n) is 12.3. The lowest BCUT2D eigenvalue weighted by atomic mass is 9.55. The maximum Gasteiger partial charge on any atom is 0.141 e. The Kier molecular flexibility index (Phi) is 2.60. The van der Waals surface area contributed by atoms with Crippen molar-refractivity contribution in [3.05, 3.63) is 29.3 Å². The van der Waals surface area contributed by atoms with Gasteiger partial charge in [-0.25, -0.2) is 0 Å². The number of fused-ring (bicyclic) bond motifs is 5. The van der Waals surface area contributed by atoms with Gasteiger partial charge >= 0.3 is 0 Å². The topological polar surface area (TPSA) is 54.4 Å². The van der Waals surface area contributed by atoms with Gasteiger partial charge in [0.25, 0.3) is 0 Å². The second-order valence-electron chi connectivity index (χ2n) is 7.18. The molecule has 0 aliphatic heterocycles. The third kappa shape index (κ3) is 1.66. The number of carbonyl (C=O) groups is 2. The fourth-order valence-electron chi connectivity index (χ4n) is 5.12. The number of rotatable bonds is 0. The molecule has 2 fully saturated rings. The van der Waals surface area contributed by atoms with Gasteiger partial charge < -0.3 is 5.11 Å². The van der Waals surface area contributed by atoms with E-state index in [4.69, 9.17) is 0 Å². The largest absolute Gasteiger partial charge is 0.508 e. The average molecular weight is 284 g/mol. The lowest BCUT2D eigenvalue weighted by Crippen LogP contribution is -2.46. The summed E-state index contributed by atoms with van der Waals surface area (Å²) >= 11 is 0. The molecule has 21 heavy (non-hydrogen) atoms. The summed E-state index contributed by atoms with van der Waals surface area (Å²) in [4.78, 5) is 25.0. The van der Waals surface area contributed by atoms with Crippen molar-refractivity contribution in [1.29, 1.82) is 0 Å². The van der Waals surface area contributed by atoms with Gasteiger partial charge in [-0.15, -0.1) is 0 Å². The molecule has 4 rings (SSSR count). The molecule has 0 aromatic heterocycles. The van der Waals surface area contributed by atoms with Gasteiger partial charge in [-0.1, -0.05) is 13.0 Å². The number of carbonyl (C=O) groups excluding carboxylic acids is 2. The van der Waals surface area contributed by atoms with Crippen molar-refractivity contribution in [2.75, 3.05) is 0 Å². The Balaban J connectivity index is 1.79. The molecule has 0 bridgehead atoms. The summed E-state index contributed by atoms with van der Waals surface area (Å²) < 4.78 is 0. The molecule has 3 nitrogen and oxygen atoms in total. The quantitative estimate of drug-likeness (QED) is 0.797. The molecule has 0 heterocycles. The van der Waals surface area contributed by atoms with Gasteiger partial charge in [0.15, 0.2) is 0 Å². The predicted molar refractivity (Wildman–Crippen MR) is 78.1 cm³/mol. The van der Waals surface area contributed by atoms with E-state index in [1.54, 1.807) is 12.1 Å². The molecule has 1 aromatic carbocycles. The third-order valence-corrected chi connectivity index (χ3v) is 6.24. The Morgan fingerprint density at radius 1 is 1.24 bits per heavy atom. The number of benzene rings is 1. The lowest BCUT2D eigenvalue weighted by molar-refractivity contribution is -0.134. The lowest BCUT2D eigenvalue weighted by Gasteiger charge is -2.47. The van der Waals surface area contributed by atoms with E-state index in [0.29, 0.717) is 18.6 Å². The molecule has 110 valence electrons. The summed E-state index contributed by atoms with van der Waals surface area (Å²) in [5.74, 6) is 1.33. The minimum Gasteiger partial charge on any atom is -0.508 e. The predicted octanol–water partition coefficient (Wildman–Crippen LogP) is 3.00. The van der Waals surface area contributed by atoms with Crippen LogP contribution in [-0.2, 0) is 16.0 Å². The molecule has 3 aliphatic carbocycles. The molecule has 2 saturated carbocycles. The van der Waals surface area contributed by atoms with Crippen LogP contribution in [0.1, 0.15) is 49.7 Å². The SMILES string of the molecule is CC12CCC3c4ccc(O)cc4CC(=O)C3C1CCC2=O. The molecule has 0 spiro atoms. The first-order chi connectivity index (χ1) is 10.0. The summed E-state index contributed by atoms with van der Waals surface area (Å²) in [6.07, 6.45) is 3.72.